The molecule has 17 heavy (non-hydrogen) atoms. The number of hydrogen-bond donors (Lipinski definition) is 0. The van der Waals surface area contributed by atoms with Crippen LogP contribution in [0, 0.1) is 0 Å². The van der Waals surface area contributed by atoms with Crippen LogP contribution in [-0.2, 0) is 16.6 Å². The molecule has 0 N–H and O–H groups in total. The summed E-state index contributed by atoms with van der Waals surface area (Å²) >= 11 is 0. The molecule has 4 nitrogen and oxygen atoms in total. The Labute approximate surface area is 101 Å². The van der Waals surface area contributed by atoms with Gasteiger partial charge in [0.1, 0.15) is 0 Å². The Hall–Kier alpha value is -1.59. The molecule has 2 rings (SSSR count). The van der Waals surface area contributed by atoms with Gasteiger partial charge >= 0.3 is 0 Å². The van der Waals surface area contributed by atoms with Crippen molar-refractivity contribution in [3.05, 3.63) is 54.5 Å². The van der Waals surface area contributed by atoms with Gasteiger partial charge < -0.3 is 4.42 Å². The molecule has 1 aromatic heterocycles. The second kappa shape index (κ2) is 4.73. The van der Waals surface area contributed by atoms with Crippen molar-refractivity contribution in [3.63, 3.8) is 0 Å². The van der Waals surface area contributed by atoms with Gasteiger partial charge in [-0.3, -0.25) is 0 Å². The number of sulfonamides is 1. The fraction of sp³-hybridized carbons (Fsp3) is 0.167. The quantitative estimate of drug-likeness (QED) is 0.836. The number of hydrogen-bond acceptors (Lipinski definition) is 3. The maximum atomic E-state index is 12.2. The van der Waals surface area contributed by atoms with Crippen LogP contribution >= 0.6 is 0 Å². The average molecular weight is 251 g/mol. The fourth-order valence-electron chi connectivity index (χ4n) is 1.50. The molecular weight excluding hydrogens is 238 g/mol. The summed E-state index contributed by atoms with van der Waals surface area (Å²) in [5, 5.41) is 0. The highest BCUT2D eigenvalue weighted by atomic mass is 32.2. The smallest absolute Gasteiger partial charge is 0.243 e. The van der Waals surface area contributed by atoms with E-state index in [0.717, 1.165) is 5.56 Å². The normalized spacial score (nSPS) is 11.9. The molecule has 1 aromatic carbocycles. The van der Waals surface area contributed by atoms with Crippen LogP contribution in [0.15, 0.2) is 58.2 Å². The molecule has 5 heteroatoms. The van der Waals surface area contributed by atoms with E-state index < -0.39 is 10.0 Å². The van der Waals surface area contributed by atoms with Crippen molar-refractivity contribution in [2.45, 2.75) is 11.4 Å². The Morgan fingerprint density at radius 2 is 1.88 bits per heavy atom. The van der Waals surface area contributed by atoms with E-state index in [1.54, 1.807) is 43.4 Å². The maximum absolute atomic E-state index is 12.2. The topological polar surface area (TPSA) is 50.5 Å². The third kappa shape index (κ3) is 2.57. The Morgan fingerprint density at radius 1 is 1.18 bits per heavy atom. The minimum atomic E-state index is -3.42. The van der Waals surface area contributed by atoms with Crippen LogP contribution < -0.4 is 0 Å². The summed E-state index contributed by atoms with van der Waals surface area (Å²) < 4.78 is 30.5. The lowest BCUT2D eigenvalue weighted by molar-refractivity contribution is 0.463. The van der Waals surface area contributed by atoms with Crippen LogP contribution in [-0.4, -0.2) is 19.8 Å². The Bertz CT molecular complexity index is 561. The minimum Gasteiger partial charge on any atom is -0.472 e. The second-order valence-electron chi connectivity index (χ2n) is 3.71. The number of nitrogens with zero attached hydrogens (tertiary/aromatic N) is 1. The Balaban J connectivity index is 2.22. The van der Waals surface area contributed by atoms with E-state index in [9.17, 15) is 8.42 Å². The van der Waals surface area contributed by atoms with E-state index >= 15 is 0 Å². The molecule has 0 aliphatic rings. The molecule has 0 atom stereocenters. The van der Waals surface area contributed by atoms with Gasteiger partial charge in [0.25, 0.3) is 0 Å². The van der Waals surface area contributed by atoms with Gasteiger partial charge in [-0.05, 0) is 18.2 Å². The van der Waals surface area contributed by atoms with Crippen molar-refractivity contribution < 1.29 is 12.8 Å². The molecule has 0 aliphatic carbocycles. The monoisotopic (exact) mass is 251 g/mol. The van der Waals surface area contributed by atoms with Gasteiger partial charge in [0.2, 0.25) is 10.0 Å². The van der Waals surface area contributed by atoms with E-state index in [0.29, 0.717) is 11.4 Å². The molecule has 0 aliphatic heterocycles. The van der Waals surface area contributed by atoms with Gasteiger partial charge in [-0.1, -0.05) is 18.2 Å². The van der Waals surface area contributed by atoms with E-state index in [-0.39, 0.29) is 0 Å². The summed E-state index contributed by atoms with van der Waals surface area (Å²) in [7, 11) is -1.87. The first-order valence-electron chi connectivity index (χ1n) is 5.13. The SMILES string of the molecule is CN(Cc1ccoc1)S(=O)(=O)c1ccccc1. The first kappa shape index (κ1) is 11.9. The lowest BCUT2D eigenvalue weighted by atomic mass is 10.3. The molecule has 0 amide bonds. The first-order chi connectivity index (χ1) is 8.10. The van der Waals surface area contributed by atoms with Gasteiger partial charge in [0, 0.05) is 19.2 Å². The highest BCUT2D eigenvalue weighted by molar-refractivity contribution is 7.89. The molecule has 0 saturated heterocycles. The number of furan rings is 1. The number of rotatable bonds is 4. The summed E-state index contributed by atoms with van der Waals surface area (Å²) in [6.45, 7) is 0.299. The minimum absolute atomic E-state index is 0.297. The summed E-state index contributed by atoms with van der Waals surface area (Å²) in [5.74, 6) is 0. The third-order valence-electron chi connectivity index (χ3n) is 2.44. The van der Waals surface area contributed by atoms with Gasteiger partial charge in [-0.15, -0.1) is 0 Å². The predicted octanol–water partition coefficient (Wildman–Crippen LogP) is 2.10. The zero-order valence-electron chi connectivity index (χ0n) is 9.41. The second-order valence-corrected chi connectivity index (χ2v) is 5.75. The molecule has 0 unspecified atom stereocenters. The fourth-order valence-corrected chi connectivity index (χ4v) is 2.68. The molecule has 90 valence electrons. The van der Waals surface area contributed by atoms with Crippen molar-refractivity contribution >= 4 is 10.0 Å². The molecule has 0 fully saturated rings. The van der Waals surface area contributed by atoms with Crippen molar-refractivity contribution in [2.24, 2.45) is 0 Å². The Morgan fingerprint density at radius 3 is 2.47 bits per heavy atom. The highest BCUT2D eigenvalue weighted by Gasteiger charge is 2.20. The van der Waals surface area contributed by atoms with E-state index in [2.05, 4.69) is 0 Å². The molecule has 0 spiro atoms. The van der Waals surface area contributed by atoms with Crippen LogP contribution in [0.3, 0.4) is 0 Å². The summed E-state index contributed by atoms with van der Waals surface area (Å²) in [4.78, 5) is 0.297. The molecule has 0 bridgehead atoms. The highest BCUT2D eigenvalue weighted by Crippen LogP contribution is 2.16. The molecular formula is C12H13NO3S. The van der Waals surface area contributed by atoms with Crippen LogP contribution in [0.4, 0.5) is 0 Å². The van der Waals surface area contributed by atoms with Crippen LogP contribution in [0.5, 0.6) is 0 Å². The van der Waals surface area contributed by atoms with Gasteiger partial charge in [-0.2, -0.15) is 4.31 Å². The Kier molecular flexibility index (Phi) is 3.31. The van der Waals surface area contributed by atoms with Gasteiger partial charge in [0.15, 0.2) is 0 Å². The lowest BCUT2D eigenvalue weighted by Gasteiger charge is -2.16. The summed E-state index contributed by atoms with van der Waals surface area (Å²) in [6, 6.07) is 10.1. The van der Waals surface area contributed by atoms with Gasteiger partial charge in [-0.25, -0.2) is 8.42 Å². The first-order valence-corrected chi connectivity index (χ1v) is 6.57. The zero-order chi connectivity index (χ0) is 12.3. The molecule has 1 heterocycles. The van der Waals surface area contributed by atoms with Crippen LogP contribution in [0.2, 0.25) is 0 Å². The van der Waals surface area contributed by atoms with Gasteiger partial charge in [0.05, 0.1) is 17.4 Å². The van der Waals surface area contributed by atoms with Crippen LogP contribution in [0.25, 0.3) is 0 Å². The summed E-state index contributed by atoms with van der Waals surface area (Å²) in [6.07, 6.45) is 3.06. The average Bonchev–Trinajstić information content (AvgIpc) is 2.83. The number of benzene rings is 1. The molecule has 2 aromatic rings. The zero-order valence-corrected chi connectivity index (χ0v) is 10.2. The van der Waals surface area contributed by atoms with Crippen molar-refractivity contribution in [3.8, 4) is 0 Å². The standard InChI is InChI=1S/C12H13NO3S/c1-13(9-11-7-8-16-10-11)17(14,15)12-5-3-2-4-6-12/h2-8,10H,9H2,1H3. The van der Waals surface area contributed by atoms with E-state index in [1.807, 2.05) is 0 Å². The third-order valence-corrected chi connectivity index (χ3v) is 4.25. The maximum Gasteiger partial charge on any atom is 0.243 e. The van der Waals surface area contributed by atoms with E-state index in [1.165, 1.54) is 16.8 Å². The van der Waals surface area contributed by atoms with Crippen molar-refractivity contribution in [1.82, 2.24) is 4.31 Å². The summed E-state index contributed by atoms with van der Waals surface area (Å²) in [5.41, 5.74) is 0.826. The van der Waals surface area contributed by atoms with Crippen molar-refractivity contribution in [1.29, 1.82) is 0 Å². The van der Waals surface area contributed by atoms with Crippen LogP contribution in [0.1, 0.15) is 5.56 Å². The van der Waals surface area contributed by atoms with E-state index in [4.69, 9.17) is 4.42 Å². The molecule has 0 saturated carbocycles. The molecule has 0 radical (unpaired) electrons. The largest absolute Gasteiger partial charge is 0.472 e. The lowest BCUT2D eigenvalue weighted by Crippen LogP contribution is -2.26. The van der Waals surface area contributed by atoms with Crippen molar-refractivity contribution in [2.75, 3.05) is 7.05 Å². The predicted molar refractivity (Wildman–Crippen MR) is 63.8 cm³/mol.